The molecule has 2 N–H and O–H groups in total. The normalized spacial score (nSPS) is 16.5. The lowest BCUT2D eigenvalue weighted by atomic mass is 9.84. The fourth-order valence-electron chi connectivity index (χ4n) is 5.04. The Labute approximate surface area is 224 Å². The number of carboxylic acids is 1. The second-order valence-electron chi connectivity index (χ2n) is 10.7. The summed E-state index contributed by atoms with van der Waals surface area (Å²) in [6.45, 7) is 6.81. The maximum Gasteiger partial charge on any atom is 0.418 e. The lowest BCUT2D eigenvalue weighted by molar-refractivity contribution is -0.138. The van der Waals surface area contributed by atoms with Crippen molar-refractivity contribution in [3.63, 3.8) is 0 Å². The van der Waals surface area contributed by atoms with Crippen LogP contribution in [0.5, 0.6) is 0 Å². The van der Waals surface area contributed by atoms with Crippen LogP contribution in [-0.2, 0) is 11.0 Å². The molecule has 4 rings (SSSR count). The highest BCUT2D eigenvalue weighted by molar-refractivity contribution is 5.93. The first kappa shape index (κ1) is 28.3. The molecule has 0 spiro atoms. The highest BCUT2D eigenvalue weighted by atomic mass is 19.4. The van der Waals surface area contributed by atoms with E-state index in [0.29, 0.717) is 13.0 Å². The number of carbonyl (C=O) groups is 2. The number of para-hydroxylation sites is 1. The van der Waals surface area contributed by atoms with Crippen molar-refractivity contribution in [3.8, 4) is 17.2 Å². The third-order valence-electron chi connectivity index (χ3n) is 6.83. The summed E-state index contributed by atoms with van der Waals surface area (Å²) >= 11 is 0. The van der Waals surface area contributed by atoms with E-state index in [4.69, 9.17) is 0 Å². The van der Waals surface area contributed by atoms with Gasteiger partial charge in [0.1, 0.15) is 11.4 Å². The molecule has 0 radical (unpaired) electrons. The highest BCUT2D eigenvalue weighted by Crippen LogP contribution is 2.35. The van der Waals surface area contributed by atoms with Gasteiger partial charge in [-0.1, -0.05) is 32.0 Å². The Hall–Kier alpha value is -3.73. The Balaban J connectivity index is 1.62. The average Bonchev–Trinajstić information content (AvgIpc) is 3.32. The molecule has 1 fully saturated rings. The Morgan fingerprint density at radius 2 is 1.90 bits per heavy atom. The first-order valence-corrected chi connectivity index (χ1v) is 12.9. The monoisotopic (exact) mass is 543 g/mol. The van der Waals surface area contributed by atoms with Gasteiger partial charge < -0.3 is 15.3 Å². The number of aromatic nitrogens is 3. The van der Waals surface area contributed by atoms with Crippen LogP contribution in [-0.4, -0.2) is 62.1 Å². The molecule has 1 saturated heterocycles. The number of amides is 1. The zero-order chi connectivity index (χ0) is 28.2. The summed E-state index contributed by atoms with van der Waals surface area (Å²) in [4.78, 5) is 35.6. The van der Waals surface area contributed by atoms with E-state index in [9.17, 15) is 27.9 Å². The van der Waals surface area contributed by atoms with Crippen LogP contribution in [0.25, 0.3) is 17.2 Å². The maximum absolute atomic E-state index is 13.8. The van der Waals surface area contributed by atoms with Crippen LogP contribution in [0.3, 0.4) is 0 Å². The van der Waals surface area contributed by atoms with Crippen molar-refractivity contribution in [2.75, 3.05) is 19.6 Å². The van der Waals surface area contributed by atoms with E-state index >= 15 is 0 Å². The number of halogens is 3. The smallest absolute Gasteiger partial charge is 0.418 e. The molecule has 1 amide bonds. The third kappa shape index (κ3) is 7.23. The Kier molecular flexibility index (Phi) is 8.39. The molecule has 208 valence electrons. The van der Waals surface area contributed by atoms with Gasteiger partial charge in [-0.15, -0.1) is 0 Å². The first-order chi connectivity index (χ1) is 18.4. The predicted molar refractivity (Wildman–Crippen MR) is 139 cm³/mol. The quantitative estimate of drug-likeness (QED) is 0.392. The third-order valence-corrected chi connectivity index (χ3v) is 6.83. The van der Waals surface area contributed by atoms with E-state index in [2.05, 4.69) is 34.0 Å². The molecule has 11 heteroatoms. The van der Waals surface area contributed by atoms with Crippen LogP contribution in [0, 0.1) is 5.41 Å². The number of hydrogen-bond acceptors (Lipinski definition) is 5. The summed E-state index contributed by atoms with van der Waals surface area (Å²) in [5.74, 6) is -1.67. The summed E-state index contributed by atoms with van der Waals surface area (Å²) in [6, 6.07) is 9.26. The van der Waals surface area contributed by atoms with Crippen LogP contribution in [0.4, 0.5) is 13.2 Å². The van der Waals surface area contributed by atoms with Crippen molar-refractivity contribution in [2.45, 2.75) is 51.7 Å². The number of rotatable bonds is 9. The standard InChI is InChI=1S/C28H32F3N5O3/c1-27(2)12-7-14-35(18-27)15-11-19(16-24(37)38)33-26(39)22-17-36(25(34-22)21-9-5-6-13-32-21)23-10-4-3-8-20(23)28(29,30)31/h3-6,8-10,13,17,19H,7,11-12,14-16,18H2,1-2H3,(H,33,39)(H,37,38)/t19-/m0/s1. The minimum absolute atomic E-state index is 0.0581. The van der Waals surface area contributed by atoms with E-state index in [1.807, 2.05) is 0 Å². The number of hydrogen-bond donors (Lipinski definition) is 2. The second-order valence-corrected chi connectivity index (χ2v) is 10.7. The van der Waals surface area contributed by atoms with Gasteiger partial charge in [0.2, 0.25) is 0 Å². The van der Waals surface area contributed by atoms with Crippen molar-refractivity contribution >= 4 is 11.9 Å². The first-order valence-electron chi connectivity index (χ1n) is 12.9. The number of imidazole rings is 1. The van der Waals surface area contributed by atoms with Crippen molar-refractivity contribution < 1.29 is 27.9 Å². The molecule has 0 saturated carbocycles. The Morgan fingerprint density at radius 1 is 1.15 bits per heavy atom. The Bertz CT molecular complexity index is 1310. The fraction of sp³-hybridized carbons (Fsp3) is 0.429. The minimum atomic E-state index is -4.64. The summed E-state index contributed by atoms with van der Waals surface area (Å²) < 4.78 is 42.7. The lowest BCUT2D eigenvalue weighted by Crippen LogP contribution is -2.44. The molecular weight excluding hydrogens is 511 g/mol. The van der Waals surface area contributed by atoms with Crippen molar-refractivity contribution in [3.05, 3.63) is 66.1 Å². The summed E-state index contributed by atoms with van der Waals surface area (Å²) in [5, 5.41) is 12.2. The summed E-state index contributed by atoms with van der Waals surface area (Å²) in [5.41, 5.74) is -0.775. The topological polar surface area (TPSA) is 100 Å². The molecular formula is C28H32F3N5O3. The van der Waals surface area contributed by atoms with Gasteiger partial charge in [-0.25, -0.2) is 4.98 Å². The number of nitrogens with zero attached hydrogens (tertiary/aromatic N) is 4. The number of pyridine rings is 1. The van der Waals surface area contributed by atoms with Gasteiger partial charge in [0.15, 0.2) is 5.82 Å². The Morgan fingerprint density at radius 3 is 2.56 bits per heavy atom. The van der Waals surface area contributed by atoms with E-state index in [1.54, 1.807) is 18.2 Å². The van der Waals surface area contributed by atoms with Gasteiger partial charge >= 0.3 is 12.1 Å². The van der Waals surface area contributed by atoms with Crippen LogP contribution in [0.2, 0.25) is 0 Å². The van der Waals surface area contributed by atoms with Gasteiger partial charge in [-0.2, -0.15) is 13.2 Å². The maximum atomic E-state index is 13.8. The summed E-state index contributed by atoms with van der Waals surface area (Å²) in [7, 11) is 0. The highest BCUT2D eigenvalue weighted by Gasteiger charge is 2.35. The number of likely N-dealkylation sites (tertiary alicyclic amines) is 1. The molecule has 0 unspecified atom stereocenters. The minimum Gasteiger partial charge on any atom is -0.481 e. The number of alkyl halides is 3. The average molecular weight is 544 g/mol. The van der Waals surface area contributed by atoms with E-state index < -0.39 is 29.7 Å². The van der Waals surface area contributed by atoms with Gasteiger partial charge in [-0.3, -0.25) is 19.1 Å². The number of aliphatic carboxylic acids is 1. The second kappa shape index (κ2) is 11.6. The molecule has 1 aromatic carbocycles. The molecule has 1 aliphatic rings. The molecule has 1 aliphatic heterocycles. The number of benzene rings is 1. The largest absolute Gasteiger partial charge is 0.481 e. The van der Waals surface area contributed by atoms with Crippen LogP contribution >= 0.6 is 0 Å². The van der Waals surface area contributed by atoms with Crippen LogP contribution in [0.15, 0.2) is 54.9 Å². The molecule has 1 atom stereocenters. The lowest BCUT2D eigenvalue weighted by Gasteiger charge is -2.38. The molecule has 0 bridgehead atoms. The van der Waals surface area contributed by atoms with Crippen molar-refractivity contribution in [1.29, 1.82) is 0 Å². The molecule has 0 aliphatic carbocycles. The molecule has 3 aromatic rings. The van der Waals surface area contributed by atoms with E-state index in [1.165, 1.54) is 35.2 Å². The van der Waals surface area contributed by atoms with E-state index in [0.717, 1.165) is 32.0 Å². The molecule has 39 heavy (non-hydrogen) atoms. The van der Waals surface area contributed by atoms with Gasteiger partial charge in [0.25, 0.3) is 5.91 Å². The van der Waals surface area contributed by atoms with E-state index in [-0.39, 0.29) is 34.7 Å². The van der Waals surface area contributed by atoms with Gasteiger partial charge in [0.05, 0.1) is 17.7 Å². The van der Waals surface area contributed by atoms with Gasteiger partial charge in [0, 0.05) is 31.5 Å². The number of carboxylic acid groups (broad SMARTS) is 1. The number of carbonyl (C=O) groups excluding carboxylic acids is 1. The van der Waals surface area contributed by atoms with Crippen LogP contribution < -0.4 is 5.32 Å². The zero-order valence-corrected chi connectivity index (χ0v) is 21.9. The number of piperidine rings is 1. The van der Waals surface area contributed by atoms with Crippen molar-refractivity contribution in [1.82, 2.24) is 24.8 Å². The van der Waals surface area contributed by atoms with Gasteiger partial charge in [-0.05, 0) is 55.5 Å². The number of nitrogens with one attached hydrogen (secondary N) is 1. The summed E-state index contributed by atoms with van der Waals surface area (Å²) in [6.07, 6.45) is 0.379. The fourth-order valence-corrected chi connectivity index (χ4v) is 5.04. The van der Waals surface area contributed by atoms with Crippen molar-refractivity contribution in [2.24, 2.45) is 5.41 Å². The molecule has 3 heterocycles. The predicted octanol–water partition coefficient (Wildman–Crippen LogP) is 5.04. The SMILES string of the molecule is CC1(C)CCCN(CC[C@@H](CC(=O)O)NC(=O)c2cn(-c3ccccc3C(F)(F)F)c(-c3ccccn3)n2)C1. The molecule has 2 aromatic heterocycles. The molecule has 8 nitrogen and oxygen atoms in total. The van der Waals surface area contributed by atoms with Crippen LogP contribution in [0.1, 0.15) is 55.6 Å². The zero-order valence-electron chi connectivity index (χ0n) is 21.9.